The molecule has 0 aliphatic heterocycles. The Morgan fingerprint density at radius 1 is 1.00 bits per heavy atom. The highest BCUT2D eigenvalue weighted by molar-refractivity contribution is 4.56. The Bertz CT molecular complexity index is 112. The van der Waals surface area contributed by atoms with Gasteiger partial charge in [-0.3, -0.25) is 0 Å². The van der Waals surface area contributed by atoms with Gasteiger partial charge >= 0.3 is 0 Å². The molecule has 4 heteroatoms. The summed E-state index contributed by atoms with van der Waals surface area (Å²) < 4.78 is 15.4. The third-order valence-electron chi connectivity index (χ3n) is 1.96. The average Bonchev–Trinajstić information content (AvgIpc) is 2.21. The molecule has 0 amide bonds. The van der Waals surface area contributed by atoms with Crippen LogP contribution >= 0.6 is 0 Å². The minimum absolute atomic E-state index is 0.268. The lowest BCUT2D eigenvalue weighted by atomic mass is 10.2. The largest absolute Gasteiger partial charge is 0.382 e. The van der Waals surface area contributed by atoms with Gasteiger partial charge in [0.1, 0.15) is 0 Å². The van der Waals surface area contributed by atoms with E-state index in [9.17, 15) is 0 Å². The molecule has 0 bridgehead atoms. The predicted octanol–water partition coefficient (Wildman–Crippen LogP) is 0.793. The lowest BCUT2D eigenvalue weighted by Crippen LogP contribution is -2.21. The van der Waals surface area contributed by atoms with Crippen molar-refractivity contribution < 1.29 is 14.2 Å². The van der Waals surface area contributed by atoms with Crippen molar-refractivity contribution in [3.63, 3.8) is 0 Å². The van der Waals surface area contributed by atoms with Crippen molar-refractivity contribution in [2.75, 3.05) is 40.1 Å². The monoisotopic (exact) mass is 205 g/mol. The van der Waals surface area contributed by atoms with Crippen LogP contribution in [0.3, 0.4) is 0 Å². The molecule has 14 heavy (non-hydrogen) atoms. The highest BCUT2D eigenvalue weighted by atomic mass is 16.5. The lowest BCUT2D eigenvalue weighted by molar-refractivity contribution is 0.0233. The highest BCUT2D eigenvalue weighted by Crippen LogP contribution is 1.93. The number of hydrogen-bond donors (Lipinski definition) is 1. The first-order valence-corrected chi connectivity index (χ1v) is 5.21. The van der Waals surface area contributed by atoms with Crippen LogP contribution in [0.15, 0.2) is 0 Å². The van der Waals surface area contributed by atoms with E-state index in [-0.39, 0.29) is 6.04 Å². The average molecular weight is 205 g/mol. The molecular weight excluding hydrogens is 182 g/mol. The second-order valence-electron chi connectivity index (χ2n) is 3.17. The minimum atomic E-state index is 0.268. The van der Waals surface area contributed by atoms with E-state index >= 15 is 0 Å². The summed E-state index contributed by atoms with van der Waals surface area (Å²) in [5.41, 5.74) is 5.73. The number of hydrogen-bond acceptors (Lipinski definition) is 4. The maximum absolute atomic E-state index is 5.73. The Hall–Kier alpha value is -0.160. The van der Waals surface area contributed by atoms with Gasteiger partial charge in [0.2, 0.25) is 0 Å². The quantitative estimate of drug-likeness (QED) is 0.536. The molecular formula is C10H23NO3. The van der Waals surface area contributed by atoms with Crippen molar-refractivity contribution in [1.29, 1.82) is 0 Å². The van der Waals surface area contributed by atoms with Crippen LogP contribution in [0.4, 0.5) is 0 Å². The van der Waals surface area contributed by atoms with Gasteiger partial charge in [0.25, 0.3) is 0 Å². The van der Waals surface area contributed by atoms with E-state index in [1.165, 1.54) is 0 Å². The zero-order chi connectivity index (χ0) is 10.6. The van der Waals surface area contributed by atoms with Gasteiger partial charge in [-0.25, -0.2) is 0 Å². The van der Waals surface area contributed by atoms with Crippen molar-refractivity contribution in [1.82, 2.24) is 0 Å². The number of methoxy groups -OCH3 is 1. The summed E-state index contributed by atoms with van der Waals surface area (Å²) >= 11 is 0. The fraction of sp³-hybridized carbons (Fsp3) is 1.00. The molecule has 0 radical (unpaired) electrons. The Morgan fingerprint density at radius 3 is 2.14 bits per heavy atom. The summed E-state index contributed by atoms with van der Waals surface area (Å²) in [6.07, 6.45) is 1.93. The summed E-state index contributed by atoms with van der Waals surface area (Å²) in [5.74, 6) is 0. The van der Waals surface area contributed by atoms with Crippen molar-refractivity contribution in [3.8, 4) is 0 Å². The second-order valence-corrected chi connectivity index (χ2v) is 3.17. The first kappa shape index (κ1) is 13.8. The van der Waals surface area contributed by atoms with Crippen LogP contribution in [-0.2, 0) is 14.2 Å². The molecule has 0 saturated heterocycles. The molecule has 0 aromatic rings. The Morgan fingerprint density at radius 2 is 1.57 bits per heavy atom. The van der Waals surface area contributed by atoms with Gasteiger partial charge in [-0.2, -0.15) is 0 Å². The molecule has 0 aliphatic carbocycles. The second kappa shape index (κ2) is 10.9. The Kier molecular flexibility index (Phi) is 10.8. The summed E-state index contributed by atoms with van der Waals surface area (Å²) in [5, 5.41) is 0. The molecule has 0 saturated carbocycles. The molecule has 0 aromatic heterocycles. The van der Waals surface area contributed by atoms with Gasteiger partial charge in [0, 0.05) is 19.8 Å². The van der Waals surface area contributed by atoms with Crippen LogP contribution in [-0.4, -0.2) is 46.2 Å². The summed E-state index contributed by atoms with van der Waals surface area (Å²) in [6, 6.07) is 0.268. The standard InChI is InChI=1S/C10H23NO3/c1-3-10(11)4-5-13-8-9-14-7-6-12-2/h10H,3-9,11H2,1-2H3. The smallest absolute Gasteiger partial charge is 0.0701 e. The first-order chi connectivity index (χ1) is 6.81. The van der Waals surface area contributed by atoms with Crippen LogP contribution in [0.5, 0.6) is 0 Å². The summed E-state index contributed by atoms with van der Waals surface area (Å²) in [6.45, 7) is 5.35. The van der Waals surface area contributed by atoms with E-state index in [4.69, 9.17) is 19.9 Å². The highest BCUT2D eigenvalue weighted by Gasteiger charge is 1.97. The SMILES string of the molecule is CCC(N)CCOCCOCCOC. The molecule has 2 N–H and O–H groups in total. The fourth-order valence-electron chi connectivity index (χ4n) is 0.903. The van der Waals surface area contributed by atoms with E-state index in [1.807, 2.05) is 0 Å². The van der Waals surface area contributed by atoms with Crippen molar-refractivity contribution in [2.24, 2.45) is 5.73 Å². The summed E-state index contributed by atoms with van der Waals surface area (Å²) in [7, 11) is 1.66. The maximum Gasteiger partial charge on any atom is 0.0701 e. The van der Waals surface area contributed by atoms with Gasteiger partial charge in [-0.05, 0) is 12.8 Å². The van der Waals surface area contributed by atoms with Crippen LogP contribution in [0, 0.1) is 0 Å². The van der Waals surface area contributed by atoms with Crippen LogP contribution in [0.1, 0.15) is 19.8 Å². The number of rotatable bonds is 10. The van der Waals surface area contributed by atoms with Gasteiger partial charge in [-0.1, -0.05) is 6.92 Å². The third kappa shape index (κ3) is 9.92. The Balaban J connectivity index is 2.92. The van der Waals surface area contributed by atoms with E-state index in [2.05, 4.69) is 6.92 Å². The molecule has 86 valence electrons. The van der Waals surface area contributed by atoms with Gasteiger partial charge < -0.3 is 19.9 Å². The van der Waals surface area contributed by atoms with Crippen molar-refractivity contribution in [3.05, 3.63) is 0 Å². The van der Waals surface area contributed by atoms with E-state index in [0.29, 0.717) is 26.4 Å². The van der Waals surface area contributed by atoms with Crippen molar-refractivity contribution >= 4 is 0 Å². The van der Waals surface area contributed by atoms with Gasteiger partial charge in [-0.15, -0.1) is 0 Å². The lowest BCUT2D eigenvalue weighted by Gasteiger charge is -2.09. The van der Waals surface area contributed by atoms with Gasteiger partial charge in [0.15, 0.2) is 0 Å². The van der Waals surface area contributed by atoms with E-state index < -0.39 is 0 Å². The Labute approximate surface area is 86.7 Å². The normalized spacial score (nSPS) is 13.1. The molecule has 0 rings (SSSR count). The van der Waals surface area contributed by atoms with Gasteiger partial charge in [0.05, 0.1) is 26.4 Å². The fourth-order valence-corrected chi connectivity index (χ4v) is 0.903. The molecule has 4 nitrogen and oxygen atoms in total. The molecule has 1 unspecified atom stereocenters. The molecule has 0 heterocycles. The van der Waals surface area contributed by atoms with E-state index in [1.54, 1.807) is 7.11 Å². The molecule has 1 atom stereocenters. The van der Waals surface area contributed by atoms with Crippen LogP contribution in [0.2, 0.25) is 0 Å². The maximum atomic E-state index is 5.73. The summed E-state index contributed by atoms with van der Waals surface area (Å²) in [4.78, 5) is 0. The van der Waals surface area contributed by atoms with E-state index in [0.717, 1.165) is 19.4 Å². The predicted molar refractivity (Wildman–Crippen MR) is 56.4 cm³/mol. The zero-order valence-electron chi connectivity index (χ0n) is 9.33. The third-order valence-corrected chi connectivity index (χ3v) is 1.96. The molecule has 0 spiro atoms. The zero-order valence-corrected chi connectivity index (χ0v) is 9.33. The topological polar surface area (TPSA) is 53.7 Å². The molecule has 0 fully saturated rings. The molecule has 0 aliphatic rings. The molecule has 0 aromatic carbocycles. The first-order valence-electron chi connectivity index (χ1n) is 5.21. The van der Waals surface area contributed by atoms with Crippen molar-refractivity contribution in [2.45, 2.75) is 25.8 Å². The minimum Gasteiger partial charge on any atom is -0.382 e. The van der Waals surface area contributed by atoms with Crippen LogP contribution < -0.4 is 5.73 Å². The number of nitrogens with two attached hydrogens (primary N) is 1. The van der Waals surface area contributed by atoms with Crippen LogP contribution in [0.25, 0.3) is 0 Å². The number of ether oxygens (including phenoxy) is 3.